The second-order valence-corrected chi connectivity index (χ2v) is 6.21. The third kappa shape index (κ3) is 4.21. The number of hydrogen-bond donors (Lipinski definition) is 2. The van der Waals surface area contributed by atoms with E-state index in [0.717, 1.165) is 0 Å². The summed E-state index contributed by atoms with van der Waals surface area (Å²) in [5.74, 6) is 0.0534. The summed E-state index contributed by atoms with van der Waals surface area (Å²) in [6, 6.07) is 4.08. The number of nitrogens with zero attached hydrogens (tertiary/aromatic N) is 1. The van der Waals surface area contributed by atoms with Gasteiger partial charge in [-0.1, -0.05) is 6.92 Å². The molecule has 1 aromatic rings. The van der Waals surface area contributed by atoms with E-state index in [1.165, 1.54) is 18.2 Å². The smallest absolute Gasteiger partial charge is 0.273 e. The fourth-order valence-corrected chi connectivity index (χ4v) is 2.04. The van der Waals surface area contributed by atoms with E-state index in [4.69, 9.17) is 5.73 Å². The van der Waals surface area contributed by atoms with Crippen molar-refractivity contribution in [3.05, 3.63) is 28.3 Å². The summed E-state index contributed by atoms with van der Waals surface area (Å²) in [6.07, 6.45) is 0. The first-order valence-corrected chi connectivity index (χ1v) is 7.15. The van der Waals surface area contributed by atoms with Crippen LogP contribution in [-0.2, 0) is 9.84 Å². The average molecular weight is 273 g/mol. The quantitative estimate of drug-likeness (QED) is 0.454. The fourth-order valence-electron chi connectivity index (χ4n) is 1.34. The maximum absolute atomic E-state index is 11.3. The molecule has 0 unspecified atom stereocenters. The number of sulfone groups is 1. The summed E-state index contributed by atoms with van der Waals surface area (Å²) in [4.78, 5) is 10.1. The summed E-state index contributed by atoms with van der Waals surface area (Å²) >= 11 is 0. The molecular formula is C10H15N3O4S. The van der Waals surface area contributed by atoms with Crippen molar-refractivity contribution in [1.82, 2.24) is 0 Å². The summed E-state index contributed by atoms with van der Waals surface area (Å²) in [5, 5.41) is 13.4. The second-order valence-electron chi connectivity index (χ2n) is 3.73. The second kappa shape index (κ2) is 5.67. The van der Waals surface area contributed by atoms with Crippen LogP contribution in [0.1, 0.15) is 6.92 Å². The Labute approximate surface area is 105 Å². The van der Waals surface area contributed by atoms with Crippen LogP contribution in [0.3, 0.4) is 0 Å². The van der Waals surface area contributed by atoms with Crippen LogP contribution in [0, 0.1) is 10.1 Å². The van der Waals surface area contributed by atoms with Gasteiger partial charge in [0.2, 0.25) is 0 Å². The predicted molar refractivity (Wildman–Crippen MR) is 70.3 cm³/mol. The van der Waals surface area contributed by atoms with Gasteiger partial charge in [-0.25, -0.2) is 8.42 Å². The summed E-state index contributed by atoms with van der Waals surface area (Å²) in [7, 11) is -3.05. The highest BCUT2D eigenvalue weighted by atomic mass is 32.2. The van der Waals surface area contributed by atoms with Crippen LogP contribution < -0.4 is 11.1 Å². The first-order chi connectivity index (χ1) is 8.34. The monoisotopic (exact) mass is 273 g/mol. The zero-order chi connectivity index (χ0) is 13.8. The third-order valence-electron chi connectivity index (χ3n) is 2.33. The Morgan fingerprint density at radius 2 is 2.06 bits per heavy atom. The standard InChI is InChI=1S/C10H15N3O4S/c1-2-18(16,17)4-3-12-9-5-8(11)6-10(7-9)13(14)15/h5-7,12H,2-4,11H2,1H3. The molecule has 0 heterocycles. The highest BCUT2D eigenvalue weighted by molar-refractivity contribution is 7.91. The molecule has 0 bridgehead atoms. The lowest BCUT2D eigenvalue weighted by Crippen LogP contribution is -2.17. The van der Waals surface area contributed by atoms with E-state index >= 15 is 0 Å². The van der Waals surface area contributed by atoms with E-state index in [1.54, 1.807) is 6.92 Å². The van der Waals surface area contributed by atoms with Crippen molar-refractivity contribution >= 4 is 26.9 Å². The molecular weight excluding hydrogens is 258 g/mol. The Morgan fingerprint density at radius 1 is 1.39 bits per heavy atom. The van der Waals surface area contributed by atoms with Crippen LogP contribution >= 0.6 is 0 Å². The highest BCUT2D eigenvalue weighted by Gasteiger charge is 2.10. The third-order valence-corrected chi connectivity index (χ3v) is 4.04. The molecule has 3 N–H and O–H groups in total. The minimum absolute atomic E-state index is 0.0217. The van der Waals surface area contributed by atoms with Crippen LogP contribution in [0.2, 0.25) is 0 Å². The Kier molecular flexibility index (Phi) is 4.49. The molecule has 8 heteroatoms. The van der Waals surface area contributed by atoms with Crippen LogP contribution in [-0.4, -0.2) is 31.4 Å². The number of nitrogens with two attached hydrogens (primary N) is 1. The molecule has 0 aliphatic carbocycles. The van der Waals surface area contributed by atoms with Crippen molar-refractivity contribution in [2.75, 3.05) is 29.1 Å². The molecule has 0 amide bonds. The van der Waals surface area contributed by atoms with Crippen molar-refractivity contribution in [3.63, 3.8) is 0 Å². The molecule has 0 atom stereocenters. The van der Waals surface area contributed by atoms with Crippen LogP contribution in [0.25, 0.3) is 0 Å². The van der Waals surface area contributed by atoms with Gasteiger partial charge >= 0.3 is 0 Å². The average Bonchev–Trinajstić information content (AvgIpc) is 2.28. The van der Waals surface area contributed by atoms with Crippen molar-refractivity contribution in [1.29, 1.82) is 0 Å². The Balaban J connectivity index is 2.71. The first-order valence-electron chi connectivity index (χ1n) is 5.33. The van der Waals surface area contributed by atoms with Gasteiger partial charge < -0.3 is 11.1 Å². The number of hydrogen-bond acceptors (Lipinski definition) is 6. The molecule has 0 aliphatic heterocycles. The lowest BCUT2D eigenvalue weighted by Gasteiger charge is -2.07. The van der Waals surface area contributed by atoms with Crippen molar-refractivity contribution in [3.8, 4) is 0 Å². The van der Waals surface area contributed by atoms with Crippen LogP contribution in [0.15, 0.2) is 18.2 Å². The molecule has 0 aliphatic rings. The molecule has 100 valence electrons. The van der Waals surface area contributed by atoms with Gasteiger partial charge in [0.15, 0.2) is 9.84 Å². The van der Waals surface area contributed by atoms with Crippen molar-refractivity contribution in [2.24, 2.45) is 0 Å². The summed E-state index contributed by atoms with van der Waals surface area (Å²) in [6.45, 7) is 1.76. The van der Waals surface area contributed by atoms with E-state index in [-0.39, 0.29) is 29.4 Å². The Bertz CT molecular complexity index is 542. The Hall–Kier alpha value is -1.83. The number of anilines is 2. The predicted octanol–water partition coefficient (Wildman–Crippen LogP) is 1.02. The summed E-state index contributed by atoms with van der Waals surface area (Å²) < 4.78 is 22.5. The normalized spacial score (nSPS) is 11.2. The molecule has 1 aromatic carbocycles. The van der Waals surface area contributed by atoms with Crippen LogP contribution in [0.5, 0.6) is 0 Å². The lowest BCUT2D eigenvalue weighted by molar-refractivity contribution is -0.384. The van der Waals surface area contributed by atoms with E-state index < -0.39 is 14.8 Å². The SMILES string of the molecule is CCS(=O)(=O)CCNc1cc(N)cc([N+](=O)[O-])c1. The number of rotatable bonds is 6. The van der Waals surface area contributed by atoms with Gasteiger partial charge in [-0.3, -0.25) is 10.1 Å². The first kappa shape index (κ1) is 14.2. The zero-order valence-corrected chi connectivity index (χ0v) is 10.7. The minimum atomic E-state index is -3.05. The van der Waals surface area contributed by atoms with E-state index in [0.29, 0.717) is 5.69 Å². The molecule has 18 heavy (non-hydrogen) atoms. The fraction of sp³-hybridized carbons (Fsp3) is 0.400. The largest absolute Gasteiger partial charge is 0.398 e. The number of nitro benzene ring substituents is 1. The van der Waals surface area contributed by atoms with Gasteiger partial charge in [-0.15, -0.1) is 0 Å². The van der Waals surface area contributed by atoms with Gasteiger partial charge in [0.1, 0.15) is 0 Å². The number of nitro groups is 1. The molecule has 0 saturated carbocycles. The highest BCUT2D eigenvalue weighted by Crippen LogP contribution is 2.22. The minimum Gasteiger partial charge on any atom is -0.398 e. The maximum Gasteiger partial charge on any atom is 0.273 e. The van der Waals surface area contributed by atoms with E-state index in [1.807, 2.05) is 0 Å². The molecule has 0 fully saturated rings. The van der Waals surface area contributed by atoms with Gasteiger partial charge in [0.05, 0.1) is 10.7 Å². The van der Waals surface area contributed by atoms with Crippen LogP contribution in [0.4, 0.5) is 17.1 Å². The molecule has 1 rings (SSSR count). The molecule has 0 saturated heterocycles. The van der Waals surface area contributed by atoms with Gasteiger partial charge in [-0.2, -0.15) is 0 Å². The van der Waals surface area contributed by atoms with E-state index in [9.17, 15) is 18.5 Å². The number of nitrogen functional groups attached to an aromatic ring is 1. The summed E-state index contributed by atoms with van der Waals surface area (Å²) in [5.41, 5.74) is 6.08. The lowest BCUT2D eigenvalue weighted by atomic mass is 10.2. The molecule has 0 spiro atoms. The van der Waals surface area contributed by atoms with Gasteiger partial charge in [0, 0.05) is 35.8 Å². The molecule has 0 radical (unpaired) electrons. The van der Waals surface area contributed by atoms with Gasteiger partial charge in [0.25, 0.3) is 5.69 Å². The zero-order valence-electron chi connectivity index (χ0n) is 9.92. The van der Waals surface area contributed by atoms with Gasteiger partial charge in [-0.05, 0) is 6.07 Å². The number of non-ortho nitro benzene ring substituents is 1. The number of nitrogens with one attached hydrogen (secondary N) is 1. The molecule has 7 nitrogen and oxygen atoms in total. The number of benzene rings is 1. The molecule has 0 aromatic heterocycles. The van der Waals surface area contributed by atoms with Crippen molar-refractivity contribution in [2.45, 2.75) is 6.92 Å². The topological polar surface area (TPSA) is 115 Å². The Morgan fingerprint density at radius 3 is 2.61 bits per heavy atom. The van der Waals surface area contributed by atoms with E-state index in [2.05, 4.69) is 5.32 Å². The maximum atomic E-state index is 11.3. The van der Waals surface area contributed by atoms with Crippen molar-refractivity contribution < 1.29 is 13.3 Å².